The van der Waals surface area contributed by atoms with Crippen molar-refractivity contribution >= 4 is 0 Å². The van der Waals surface area contributed by atoms with Crippen LogP contribution in [-0.2, 0) is 25.8 Å². The predicted molar refractivity (Wildman–Crippen MR) is 114 cm³/mol. The second-order valence-corrected chi connectivity index (χ2v) is 7.78. The molecule has 2 aromatic carbocycles. The van der Waals surface area contributed by atoms with Crippen molar-refractivity contribution in [3.8, 4) is 22.8 Å². The monoisotopic (exact) mass is 443 g/mol. The molecular formula is C24H24F3N3O2. The summed E-state index contributed by atoms with van der Waals surface area (Å²) in [6.07, 6.45) is -2.42. The Morgan fingerprint density at radius 3 is 2.31 bits per heavy atom. The minimum atomic E-state index is -4.69. The Bertz CT molecular complexity index is 1070. The first-order valence-electron chi connectivity index (χ1n) is 10.6. The molecule has 0 saturated carbocycles. The highest BCUT2D eigenvalue weighted by Gasteiger charge is 2.31. The van der Waals surface area contributed by atoms with Gasteiger partial charge in [0.05, 0.1) is 5.69 Å². The first-order valence-corrected chi connectivity index (χ1v) is 10.6. The first-order chi connectivity index (χ1) is 15.3. The maximum atomic E-state index is 12.4. The van der Waals surface area contributed by atoms with Crippen LogP contribution in [0.1, 0.15) is 29.6 Å². The summed E-state index contributed by atoms with van der Waals surface area (Å²) < 4.78 is 41.0. The third-order valence-electron chi connectivity index (χ3n) is 5.50. The molecule has 0 amide bonds. The molecule has 0 radical (unpaired) electrons. The normalized spacial score (nSPS) is 14.6. The summed E-state index contributed by atoms with van der Waals surface area (Å²) >= 11 is 0. The molecule has 3 aromatic rings. The number of aryl methyl sites for hydroxylation is 1. The minimum Gasteiger partial charge on any atom is -0.508 e. The Morgan fingerprint density at radius 2 is 1.66 bits per heavy atom. The van der Waals surface area contributed by atoms with Crippen molar-refractivity contribution in [3.05, 3.63) is 71.2 Å². The van der Waals surface area contributed by atoms with E-state index in [0.717, 1.165) is 66.3 Å². The number of ether oxygens (including phenoxy) is 1. The fourth-order valence-electron chi connectivity index (χ4n) is 3.93. The number of alkyl halides is 3. The number of aromatic hydroxyl groups is 1. The summed E-state index contributed by atoms with van der Waals surface area (Å²) in [5, 5.41) is 9.63. The lowest BCUT2D eigenvalue weighted by Crippen LogP contribution is -2.26. The van der Waals surface area contributed by atoms with Crippen molar-refractivity contribution < 1.29 is 23.0 Å². The summed E-state index contributed by atoms with van der Waals surface area (Å²) in [5.41, 5.74) is 4.93. The van der Waals surface area contributed by atoms with Gasteiger partial charge < -0.3 is 9.84 Å². The van der Waals surface area contributed by atoms with Crippen molar-refractivity contribution in [2.75, 3.05) is 13.1 Å². The van der Waals surface area contributed by atoms with Crippen molar-refractivity contribution in [3.63, 3.8) is 0 Å². The summed E-state index contributed by atoms with van der Waals surface area (Å²) in [5.74, 6) is 0.786. The average molecular weight is 443 g/mol. The van der Waals surface area contributed by atoms with Crippen LogP contribution in [0.3, 0.4) is 0 Å². The van der Waals surface area contributed by atoms with Gasteiger partial charge in [-0.25, -0.2) is 9.97 Å². The van der Waals surface area contributed by atoms with E-state index in [1.165, 1.54) is 12.1 Å². The van der Waals surface area contributed by atoms with Gasteiger partial charge in [-0.15, -0.1) is 13.2 Å². The highest BCUT2D eigenvalue weighted by molar-refractivity contribution is 5.65. The summed E-state index contributed by atoms with van der Waals surface area (Å²) in [4.78, 5) is 11.8. The van der Waals surface area contributed by atoms with Gasteiger partial charge in [-0.3, -0.25) is 4.90 Å². The molecule has 1 aromatic heterocycles. The molecule has 1 aliphatic heterocycles. The molecule has 0 saturated heterocycles. The number of benzene rings is 2. The molecule has 0 fully saturated rings. The van der Waals surface area contributed by atoms with Gasteiger partial charge in [-0.2, -0.15) is 0 Å². The number of rotatable bonds is 5. The smallest absolute Gasteiger partial charge is 0.508 e. The van der Waals surface area contributed by atoms with E-state index in [1.54, 1.807) is 24.3 Å². The number of halogens is 3. The molecule has 32 heavy (non-hydrogen) atoms. The van der Waals surface area contributed by atoms with Gasteiger partial charge in [0.1, 0.15) is 17.3 Å². The molecule has 4 rings (SSSR count). The van der Waals surface area contributed by atoms with Crippen molar-refractivity contribution in [2.45, 2.75) is 39.1 Å². The largest absolute Gasteiger partial charge is 0.573 e. The van der Waals surface area contributed by atoms with Crippen LogP contribution < -0.4 is 4.74 Å². The zero-order chi connectivity index (χ0) is 22.7. The maximum absolute atomic E-state index is 12.4. The molecule has 0 atom stereocenters. The highest BCUT2D eigenvalue weighted by atomic mass is 19.4. The van der Waals surface area contributed by atoms with Gasteiger partial charge in [0.2, 0.25) is 0 Å². The third kappa shape index (κ3) is 5.37. The molecule has 0 aliphatic carbocycles. The van der Waals surface area contributed by atoms with Crippen molar-refractivity contribution in [2.24, 2.45) is 0 Å². The number of phenolic OH excluding ortho intramolecular Hbond substituents is 1. The van der Waals surface area contributed by atoms with Crippen LogP contribution in [0.4, 0.5) is 13.2 Å². The second kappa shape index (κ2) is 9.16. The van der Waals surface area contributed by atoms with Crippen LogP contribution in [-0.4, -0.2) is 39.4 Å². The van der Waals surface area contributed by atoms with Crippen LogP contribution in [0, 0.1) is 0 Å². The molecule has 5 nitrogen and oxygen atoms in total. The fraction of sp³-hybridized carbons (Fsp3) is 0.333. The lowest BCUT2D eigenvalue weighted by Gasteiger charge is -2.20. The molecule has 0 bridgehead atoms. The maximum Gasteiger partial charge on any atom is 0.573 e. The van der Waals surface area contributed by atoms with E-state index < -0.39 is 6.36 Å². The third-order valence-corrected chi connectivity index (χ3v) is 5.50. The number of phenols is 1. The molecule has 0 spiro atoms. The number of fused-ring (bicyclic) bond motifs is 1. The Balaban J connectivity index is 1.51. The van der Waals surface area contributed by atoms with Gasteiger partial charge in [0.15, 0.2) is 0 Å². The van der Waals surface area contributed by atoms with Crippen LogP contribution in [0.15, 0.2) is 48.5 Å². The molecule has 2 heterocycles. The van der Waals surface area contributed by atoms with E-state index in [0.29, 0.717) is 6.54 Å². The van der Waals surface area contributed by atoms with Crippen molar-refractivity contribution in [1.82, 2.24) is 14.9 Å². The molecular weight excluding hydrogens is 419 g/mol. The van der Waals surface area contributed by atoms with E-state index in [1.807, 2.05) is 19.1 Å². The van der Waals surface area contributed by atoms with E-state index in [2.05, 4.69) is 9.64 Å². The Hall–Kier alpha value is -3.13. The van der Waals surface area contributed by atoms with E-state index in [-0.39, 0.29) is 11.5 Å². The predicted octanol–water partition coefficient (Wildman–Crippen LogP) is 4.91. The Kier molecular flexibility index (Phi) is 6.32. The molecule has 1 N–H and O–H groups in total. The van der Waals surface area contributed by atoms with Crippen LogP contribution >= 0.6 is 0 Å². The number of aromatic nitrogens is 2. The molecule has 8 heteroatoms. The lowest BCUT2D eigenvalue weighted by molar-refractivity contribution is -0.274. The van der Waals surface area contributed by atoms with Crippen LogP contribution in [0.5, 0.6) is 11.5 Å². The summed E-state index contributed by atoms with van der Waals surface area (Å²) in [7, 11) is 0. The van der Waals surface area contributed by atoms with E-state index in [4.69, 9.17) is 9.97 Å². The first kappa shape index (κ1) is 22.1. The van der Waals surface area contributed by atoms with E-state index in [9.17, 15) is 18.3 Å². The molecule has 0 unspecified atom stereocenters. The van der Waals surface area contributed by atoms with Gasteiger partial charge in [0.25, 0.3) is 0 Å². The van der Waals surface area contributed by atoms with Crippen LogP contribution in [0.25, 0.3) is 11.3 Å². The SMILES string of the molecule is CCc1nc2c(c(-c3ccc(O)cc3)n1)CCN(Cc1ccc(OC(F)(F)F)cc1)CC2. The number of hydrogen-bond donors (Lipinski definition) is 1. The number of nitrogens with zero attached hydrogens (tertiary/aromatic N) is 3. The average Bonchev–Trinajstić information content (AvgIpc) is 2.96. The Morgan fingerprint density at radius 1 is 0.969 bits per heavy atom. The number of hydrogen-bond acceptors (Lipinski definition) is 5. The quantitative estimate of drug-likeness (QED) is 0.607. The zero-order valence-electron chi connectivity index (χ0n) is 17.7. The van der Waals surface area contributed by atoms with Gasteiger partial charge in [-0.05, 0) is 48.4 Å². The van der Waals surface area contributed by atoms with Crippen molar-refractivity contribution in [1.29, 1.82) is 0 Å². The van der Waals surface area contributed by atoms with Crippen LogP contribution in [0.2, 0.25) is 0 Å². The van der Waals surface area contributed by atoms with Gasteiger partial charge in [-0.1, -0.05) is 19.1 Å². The Labute approximate surface area is 184 Å². The molecule has 1 aliphatic rings. The molecule has 168 valence electrons. The highest BCUT2D eigenvalue weighted by Crippen LogP contribution is 2.29. The minimum absolute atomic E-state index is 0.211. The second-order valence-electron chi connectivity index (χ2n) is 7.78. The lowest BCUT2D eigenvalue weighted by atomic mass is 10.0. The standard InChI is InChI=1S/C24H24F3N3O2/c1-2-22-28-21-12-14-30(15-16-3-9-19(10-4-16)32-24(25,26)27)13-11-20(21)23(29-22)17-5-7-18(31)8-6-17/h3-10,31H,2,11-15H2,1H3. The summed E-state index contributed by atoms with van der Waals surface area (Å²) in [6, 6.07) is 13.1. The summed E-state index contributed by atoms with van der Waals surface area (Å²) in [6.45, 7) is 4.23. The van der Waals surface area contributed by atoms with Gasteiger partial charge in [0, 0.05) is 49.3 Å². The zero-order valence-corrected chi connectivity index (χ0v) is 17.7. The van der Waals surface area contributed by atoms with E-state index >= 15 is 0 Å². The van der Waals surface area contributed by atoms with Gasteiger partial charge >= 0.3 is 6.36 Å². The topological polar surface area (TPSA) is 58.5 Å². The fourth-order valence-corrected chi connectivity index (χ4v) is 3.93.